The quantitative estimate of drug-likeness (QED) is 0.770. The molecule has 0 aromatic heterocycles. The Morgan fingerprint density at radius 1 is 1.20 bits per heavy atom. The van der Waals surface area contributed by atoms with E-state index in [-0.39, 0.29) is 36.6 Å². The lowest BCUT2D eigenvalue weighted by Crippen LogP contribution is -2.45. The number of benzene rings is 1. The van der Waals surface area contributed by atoms with E-state index in [0.717, 1.165) is 44.6 Å². The Kier molecular flexibility index (Phi) is 10.6. The average molecular weight is 405 g/mol. The third-order valence-corrected chi connectivity index (χ3v) is 3.95. The zero-order valence-corrected chi connectivity index (χ0v) is 15.9. The summed E-state index contributed by atoms with van der Waals surface area (Å²) in [7, 11) is 1.53. The minimum atomic E-state index is -4.69. The van der Waals surface area contributed by atoms with Crippen LogP contribution in [0.4, 0.5) is 13.2 Å². The SMILES string of the molecule is CCC[C@H](c1cc(OC(F)(F)F)ccc1OC)N1CCNCC1.Cl.Cl. The predicted molar refractivity (Wildman–Crippen MR) is 96.3 cm³/mol. The summed E-state index contributed by atoms with van der Waals surface area (Å²) in [6, 6.07) is 4.31. The van der Waals surface area contributed by atoms with Crippen LogP contribution < -0.4 is 14.8 Å². The highest BCUT2D eigenvalue weighted by molar-refractivity contribution is 5.85. The first-order chi connectivity index (χ1) is 10.9. The normalized spacial score (nSPS) is 16.4. The number of nitrogens with zero attached hydrogens (tertiary/aromatic N) is 1. The Bertz CT molecular complexity index is 513. The molecular weight excluding hydrogens is 380 g/mol. The number of halogens is 5. The fraction of sp³-hybridized carbons (Fsp3) is 0.625. The summed E-state index contributed by atoms with van der Waals surface area (Å²) in [5.74, 6) is 0.390. The maximum absolute atomic E-state index is 12.5. The molecule has 1 atom stereocenters. The predicted octanol–water partition coefficient (Wildman–Crippen LogP) is 4.18. The smallest absolute Gasteiger partial charge is 0.496 e. The Balaban J connectivity index is 0.00000288. The van der Waals surface area contributed by atoms with E-state index in [1.807, 2.05) is 0 Å². The molecule has 9 heteroatoms. The fourth-order valence-electron chi connectivity index (χ4n) is 2.97. The number of hydrogen-bond acceptors (Lipinski definition) is 4. The highest BCUT2D eigenvalue weighted by Gasteiger charge is 2.32. The van der Waals surface area contributed by atoms with Crippen molar-refractivity contribution in [3.8, 4) is 11.5 Å². The van der Waals surface area contributed by atoms with Crippen LogP contribution >= 0.6 is 24.8 Å². The van der Waals surface area contributed by atoms with Crippen molar-refractivity contribution in [3.63, 3.8) is 0 Å². The molecule has 1 aliphatic rings. The second kappa shape index (κ2) is 11.0. The van der Waals surface area contributed by atoms with E-state index in [1.54, 1.807) is 6.07 Å². The summed E-state index contributed by atoms with van der Waals surface area (Å²) in [6.45, 7) is 5.54. The van der Waals surface area contributed by atoms with E-state index in [9.17, 15) is 13.2 Å². The summed E-state index contributed by atoms with van der Waals surface area (Å²) in [5.41, 5.74) is 0.748. The molecule has 0 spiro atoms. The highest BCUT2D eigenvalue weighted by atomic mass is 35.5. The molecule has 1 heterocycles. The lowest BCUT2D eigenvalue weighted by Gasteiger charge is -2.36. The number of rotatable bonds is 6. The number of methoxy groups -OCH3 is 1. The Labute approximate surface area is 158 Å². The zero-order valence-electron chi connectivity index (χ0n) is 14.3. The van der Waals surface area contributed by atoms with Crippen LogP contribution in [0.25, 0.3) is 0 Å². The van der Waals surface area contributed by atoms with Gasteiger partial charge in [0.25, 0.3) is 0 Å². The lowest BCUT2D eigenvalue weighted by molar-refractivity contribution is -0.274. The van der Waals surface area contributed by atoms with E-state index < -0.39 is 6.36 Å². The average Bonchev–Trinajstić information content (AvgIpc) is 2.52. The van der Waals surface area contributed by atoms with Crippen molar-refractivity contribution in [2.24, 2.45) is 0 Å². The van der Waals surface area contributed by atoms with Gasteiger partial charge in [-0.25, -0.2) is 0 Å². The minimum absolute atomic E-state index is 0. The van der Waals surface area contributed by atoms with E-state index >= 15 is 0 Å². The van der Waals surface area contributed by atoms with Gasteiger partial charge in [-0.1, -0.05) is 13.3 Å². The molecule has 1 aliphatic heterocycles. The van der Waals surface area contributed by atoms with Gasteiger partial charge in [-0.3, -0.25) is 4.90 Å². The molecule has 146 valence electrons. The van der Waals surface area contributed by atoms with Crippen molar-refractivity contribution < 1.29 is 22.6 Å². The van der Waals surface area contributed by atoms with Crippen molar-refractivity contribution in [2.45, 2.75) is 32.2 Å². The van der Waals surface area contributed by atoms with E-state index in [1.165, 1.54) is 19.2 Å². The Hall–Kier alpha value is -0.890. The molecule has 0 radical (unpaired) electrons. The van der Waals surface area contributed by atoms with Crippen LogP contribution in [0.3, 0.4) is 0 Å². The molecule has 1 fully saturated rings. The van der Waals surface area contributed by atoms with Gasteiger partial charge in [0.05, 0.1) is 7.11 Å². The monoisotopic (exact) mass is 404 g/mol. The van der Waals surface area contributed by atoms with Crippen LogP contribution in [0, 0.1) is 0 Å². The molecule has 2 rings (SSSR count). The van der Waals surface area contributed by atoms with Crippen LogP contribution in [0.1, 0.15) is 31.4 Å². The number of piperazine rings is 1. The maximum Gasteiger partial charge on any atom is 0.573 e. The van der Waals surface area contributed by atoms with Crippen molar-refractivity contribution in [1.29, 1.82) is 0 Å². The number of ether oxygens (including phenoxy) is 2. The van der Waals surface area contributed by atoms with Crippen molar-refractivity contribution in [2.75, 3.05) is 33.3 Å². The first-order valence-electron chi connectivity index (χ1n) is 7.83. The summed E-state index contributed by atoms with van der Waals surface area (Å²) in [5, 5.41) is 3.29. The van der Waals surface area contributed by atoms with Gasteiger partial charge in [0, 0.05) is 37.8 Å². The van der Waals surface area contributed by atoms with Gasteiger partial charge in [-0.15, -0.1) is 38.0 Å². The minimum Gasteiger partial charge on any atom is -0.496 e. The van der Waals surface area contributed by atoms with Gasteiger partial charge in [0.2, 0.25) is 0 Å². The van der Waals surface area contributed by atoms with E-state index in [4.69, 9.17) is 4.74 Å². The van der Waals surface area contributed by atoms with Gasteiger partial charge in [-0.05, 0) is 24.6 Å². The number of hydrogen-bond donors (Lipinski definition) is 1. The van der Waals surface area contributed by atoms with Crippen molar-refractivity contribution >= 4 is 24.8 Å². The highest BCUT2D eigenvalue weighted by Crippen LogP contribution is 2.36. The van der Waals surface area contributed by atoms with Crippen molar-refractivity contribution in [1.82, 2.24) is 10.2 Å². The Morgan fingerprint density at radius 2 is 1.84 bits per heavy atom. The third-order valence-electron chi connectivity index (χ3n) is 3.95. The maximum atomic E-state index is 12.5. The second-order valence-electron chi connectivity index (χ2n) is 5.54. The molecule has 0 amide bonds. The first-order valence-corrected chi connectivity index (χ1v) is 7.83. The van der Waals surface area contributed by atoms with Gasteiger partial charge in [-0.2, -0.15) is 0 Å². The molecule has 1 aromatic carbocycles. The van der Waals surface area contributed by atoms with Crippen LogP contribution in [0.5, 0.6) is 11.5 Å². The van der Waals surface area contributed by atoms with Crippen LogP contribution in [0.2, 0.25) is 0 Å². The molecule has 0 bridgehead atoms. The summed E-state index contributed by atoms with van der Waals surface area (Å²) in [6.07, 6.45) is -2.91. The van der Waals surface area contributed by atoms with E-state index in [2.05, 4.69) is 21.9 Å². The standard InChI is InChI=1S/C16H23F3N2O2.2ClH/c1-3-4-14(21-9-7-20-8-10-21)13-11-12(23-16(17,18)19)5-6-15(13)22-2;;/h5-6,11,14,20H,3-4,7-10H2,1-2H3;2*1H/t14-;;/m1../s1. The van der Waals surface area contributed by atoms with Gasteiger partial charge < -0.3 is 14.8 Å². The van der Waals surface area contributed by atoms with Gasteiger partial charge in [0.1, 0.15) is 11.5 Å². The molecule has 0 saturated carbocycles. The van der Waals surface area contributed by atoms with Crippen LogP contribution in [0.15, 0.2) is 18.2 Å². The Morgan fingerprint density at radius 3 is 2.36 bits per heavy atom. The van der Waals surface area contributed by atoms with E-state index in [0.29, 0.717) is 5.75 Å². The van der Waals surface area contributed by atoms with Gasteiger partial charge in [0.15, 0.2) is 0 Å². The molecule has 4 nitrogen and oxygen atoms in total. The molecule has 1 N–H and O–H groups in total. The van der Waals surface area contributed by atoms with Gasteiger partial charge >= 0.3 is 6.36 Å². The molecule has 25 heavy (non-hydrogen) atoms. The summed E-state index contributed by atoms with van der Waals surface area (Å²) >= 11 is 0. The fourth-order valence-corrected chi connectivity index (χ4v) is 2.97. The first kappa shape index (κ1) is 24.1. The molecule has 0 unspecified atom stereocenters. The van der Waals surface area contributed by atoms with Crippen LogP contribution in [-0.4, -0.2) is 44.6 Å². The number of alkyl halides is 3. The summed E-state index contributed by atoms with van der Waals surface area (Å²) in [4.78, 5) is 2.29. The summed E-state index contributed by atoms with van der Waals surface area (Å²) < 4.78 is 46.9. The number of nitrogens with one attached hydrogen (secondary N) is 1. The molecule has 1 aromatic rings. The molecular formula is C16H25Cl2F3N2O2. The molecule has 1 saturated heterocycles. The van der Waals surface area contributed by atoms with Crippen LogP contribution in [-0.2, 0) is 0 Å². The third kappa shape index (κ3) is 7.09. The largest absolute Gasteiger partial charge is 0.573 e. The molecule has 0 aliphatic carbocycles. The van der Waals surface area contributed by atoms with Crippen molar-refractivity contribution in [3.05, 3.63) is 23.8 Å². The zero-order chi connectivity index (χ0) is 16.9. The topological polar surface area (TPSA) is 33.7 Å². The second-order valence-corrected chi connectivity index (χ2v) is 5.54. The lowest BCUT2D eigenvalue weighted by atomic mass is 9.98.